The molecule has 0 aliphatic rings. The zero-order valence-electron chi connectivity index (χ0n) is 15.3. The van der Waals surface area contributed by atoms with Gasteiger partial charge in [0.2, 0.25) is 5.91 Å². The molecule has 0 aliphatic heterocycles. The second-order valence-electron chi connectivity index (χ2n) is 6.36. The number of benzene rings is 3. The number of hydrogen-bond acceptors (Lipinski definition) is 2. The Morgan fingerprint density at radius 1 is 0.741 bits per heavy atom. The maximum atomic E-state index is 13.3. The highest BCUT2D eigenvalue weighted by molar-refractivity contribution is 6.03. The van der Waals surface area contributed by atoms with E-state index in [2.05, 4.69) is 5.32 Å². The summed E-state index contributed by atoms with van der Waals surface area (Å²) in [5.41, 5.74) is 3.12. The molecule has 3 aromatic rings. The first-order valence-electron chi connectivity index (χ1n) is 8.87. The lowest BCUT2D eigenvalue weighted by atomic mass is 10.1. The number of amides is 2. The molecule has 0 aliphatic carbocycles. The maximum absolute atomic E-state index is 13.3. The van der Waals surface area contributed by atoms with E-state index in [0.29, 0.717) is 24.3 Å². The Morgan fingerprint density at radius 2 is 1.22 bits per heavy atom. The molecule has 4 heteroatoms. The summed E-state index contributed by atoms with van der Waals surface area (Å²) in [6.45, 7) is 2.42. The molecule has 0 spiro atoms. The summed E-state index contributed by atoms with van der Waals surface area (Å²) < 4.78 is 0. The van der Waals surface area contributed by atoms with Gasteiger partial charge in [0.05, 0.1) is 11.3 Å². The number of rotatable bonds is 6. The van der Waals surface area contributed by atoms with Gasteiger partial charge < -0.3 is 10.2 Å². The molecule has 1 N–H and O–H groups in total. The lowest BCUT2D eigenvalue weighted by Gasteiger charge is -2.24. The van der Waals surface area contributed by atoms with Gasteiger partial charge in [-0.3, -0.25) is 9.59 Å². The average molecular weight is 358 g/mol. The monoisotopic (exact) mass is 358 g/mol. The van der Waals surface area contributed by atoms with E-state index in [9.17, 15) is 9.59 Å². The Morgan fingerprint density at radius 3 is 1.74 bits per heavy atom. The van der Waals surface area contributed by atoms with E-state index < -0.39 is 0 Å². The van der Waals surface area contributed by atoms with Gasteiger partial charge in [-0.05, 0) is 23.3 Å². The van der Waals surface area contributed by atoms with Crippen LogP contribution < -0.4 is 5.32 Å². The Balaban J connectivity index is 1.92. The molecule has 0 bridgehead atoms. The van der Waals surface area contributed by atoms with E-state index in [1.807, 2.05) is 66.7 Å². The highest BCUT2D eigenvalue weighted by atomic mass is 16.2. The smallest absolute Gasteiger partial charge is 0.256 e. The number of hydrogen-bond donors (Lipinski definition) is 1. The number of carbonyl (C=O) groups excluding carboxylic acids is 2. The second kappa shape index (κ2) is 8.81. The summed E-state index contributed by atoms with van der Waals surface area (Å²) in [7, 11) is 0. The van der Waals surface area contributed by atoms with Crippen molar-refractivity contribution in [2.24, 2.45) is 0 Å². The molecular formula is C23H22N2O2. The Bertz CT molecular complexity index is 866. The van der Waals surface area contributed by atoms with Crippen molar-refractivity contribution < 1.29 is 9.59 Å². The van der Waals surface area contributed by atoms with Crippen LogP contribution in [0.2, 0.25) is 0 Å². The van der Waals surface area contributed by atoms with Gasteiger partial charge in [-0.15, -0.1) is 0 Å². The molecule has 0 saturated heterocycles. The van der Waals surface area contributed by atoms with E-state index in [-0.39, 0.29) is 11.8 Å². The third-order valence-corrected chi connectivity index (χ3v) is 4.19. The third-order valence-electron chi connectivity index (χ3n) is 4.19. The fourth-order valence-electron chi connectivity index (χ4n) is 2.95. The summed E-state index contributed by atoms with van der Waals surface area (Å²) in [4.78, 5) is 26.6. The van der Waals surface area contributed by atoms with Gasteiger partial charge in [0, 0.05) is 20.0 Å². The van der Waals surface area contributed by atoms with Crippen LogP contribution in [-0.4, -0.2) is 16.7 Å². The molecule has 0 unspecified atom stereocenters. The molecule has 2 amide bonds. The lowest BCUT2D eigenvalue weighted by molar-refractivity contribution is -0.114. The number of nitrogens with zero attached hydrogens (tertiary/aromatic N) is 1. The summed E-state index contributed by atoms with van der Waals surface area (Å²) in [5, 5.41) is 2.75. The van der Waals surface area contributed by atoms with Crippen LogP contribution in [0.15, 0.2) is 84.9 Å². The van der Waals surface area contributed by atoms with E-state index in [0.717, 1.165) is 11.1 Å². The van der Waals surface area contributed by atoms with Gasteiger partial charge in [-0.25, -0.2) is 0 Å². The fourth-order valence-corrected chi connectivity index (χ4v) is 2.95. The van der Waals surface area contributed by atoms with Crippen LogP contribution in [0.3, 0.4) is 0 Å². The van der Waals surface area contributed by atoms with Crippen LogP contribution in [0.5, 0.6) is 0 Å². The van der Waals surface area contributed by atoms with Crippen molar-refractivity contribution in [2.45, 2.75) is 20.0 Å². The molecule has 0 atom stereocenters. The molecule has 0 fully saturated rings. The van der Waals surface area contributed by atoms with Gasteiger partial charge in [0.25, 0.3) is 5.91 Å². The predicted molar refractivity (Wildman–Crippen MR) is 107 cm³/mol. The topological polar surface area (TPSA) is 49.4 Å². The molecule has 4 nitrogen and oxygen atoms in total. The van der Waals surface area contributed by atoms with Gasteiger partial charge >= 0.3 is 0 Å². The van der Waals surface area contributed by atoms with Gasteiger partial charge in [-0.1, -0.05) is 72.8 Å². The van der Waals surface area contributed by atoms with Crippen molar-refractivity contribution in [3.05, 3.63) is 102 Å². The molecule has 3 aromatic carbocycles. The highest BCUT2D eigenvalue weighted by Gasteiger charge is 2.20. The maximum Gasteiger partial charge on any atom is 0.256 e. The predicted octanol–water partition coefficient (Wildman–Crippen LogP) is 4.49. The molecule has 136 valence electrons. The SMILES string of the molecule is CC(=O)Nc1ccccc1C(=O)N(Cc1ccccc1)Cc1ccccc1. The molecular weight excluding hydrogens is 336 g/mol. The van der Waals surface area contributed by atoms with E-state index in [1.165, 1.54) is 6.92 Å². The summed E-state index contributed by atoms with van der Waals surface area (Å²) in [6.07, 6.45) is 0. The summed E-state index contributed by atoms with van der Waals surface area (Å²) in [6, 6.07) is 26.9. The number of anilines is 1. The summed E-state index contributed by atoms with van der Waals surface area (Å²) in [5.74, 6) is -0.319. The summed E-state index contributed by atoms with van der Waals surface area (Å²) >= 11 is 0. The first kappa shape index (κ1) is 18.4. The van der Waals surface area contributed by atoms with Crippen molar-refractivity contribution in [3.8, 4) is 0 Å². The van der Waals surface area contributed by atoms with Crippen molar-refractivity contribution in [1.29, 1.82) is 0 Å². The molecule has 0 heterocycles. The van der Waals surface area contributed by atoms with Crippen molar-refractivity contribution in [2.75, 3.05) is 5.32 Å². The standard InChI is InChI=1S/C23H22N2O2/c1-18(26)24-22-15-9-8-14-21(22)23(27)25(16-19-10-4-2-5-11-19)17-20-12-6-3-7-13-20/h2-15H,16-17H2,1H3,(H,24,26). The van der Waals surface area contributed by atoms with E-state index in [1.54, 1.807) is 23.1 Å². The quantitative estimate of drug-likeness (QED) is 0.706. The Labute approximate surface area is 159 Å². The molecule has 0 saturated carbocycles. The van der Waals surface area contributed by atoms with Crippen LogP contribution in [0.25, 0.3) is 0 Å². The minimum Gasteiger partial charge on any atom is -0.330 e. The van der Waals surface area contributed by atoms with Crippen molar-refractivity contribution >= 4 is 17.5 Å². The Hall–Kier alpha value is -3.40. The molecule has 3 rings (SSSR count). The second-order valence-corrected chi connectivity index (χ2v) is 6.36. The number of carbonyl (C=O) groups is 2. The van der Waals surface area contributed by atoms with Crippen LogP contribution in [0.1, 0.15) is 28.4 Å². The van der Waals surface area contributed by atoms with Crippen LogP contribution in [-0.2, 0) is 17.9 Å². The largest absolute Gasteiger partial charge is 0.330 e. The van der Waals surface area contributed by atoms with Crippen LogP contribution in [0, 0.1) is 0 Å². The molecule has 27 heavy (non-hydrogen) atoms. The lowest BCUT2D eigenvalue weighted by Crippen LogP contribution is -2.31. The minimum absolute atomic E-state index is 0.118. The van der Waals surface area contributed by atoms with Crippen LogP contribution >= 0.6 is 0 Å². The first-order valence-corrected chi connectivity index (χ1v) is 8.87. The zero-order valence-corrected chi connectivity index (χ0v) is 15.3. The van der Waals surface area contributed by atoms with Gasteiger partial charge in [0.15, 0.2) is 0 Å². The number of para-hydroxylation sites is 1. The highest BCUT2D eigenvalue weighted by Crippen LogP contribution is 2.20. The van der Waals surface area contributed by atoms with E-state index >= 15 is 0 Å². The molecule has 0 radical (unpaired) electrons. The fraction of sp³-hybridized carbons (Fsp3) is 0.130. The average Bonchev–Trinajstić information content (AvgIpc) is 2.68. The minimum atomic E-state index is -0.201. The van der Waals surface area contributed by atoms with Gasteiger partial charge in [0.1, 0.15) is 0 Å². The van der Waals surface area contributed by atoms with E-state index in [4.69, 9.17) is 0 Å². The van der Waals surface area contributed by atoms with Crippen LogP contribution in [0.4, 0.5) is 5.69 Å². The van der Waals surface area contributed by atoms with Crippen molar-refractivity contribution in [1.82, 2.24) is 4.90 Å². The van der Waals surface area contributed by atoms with Gasteiger partial charge in [-0.2, -0.15) is 0 Å². The van der Waals surface area contributed by atoms with Crippen molar-refractivity contribution in [3.63, 3.8) is 0 Å². The normalized spacial score (nSPS) is 10.3. The molecule has 0 aromatic heterocycles. The number of nitrogens with one attached hydrogen (secondary N) is 1. The Kier molecular flexibility index (Phi) is 6.00. The third kappa shape index (κ3) is 5.05. The first-order chi connectivity index (χ1) is 13.1. The zero-order chi connectivity index (χ0) is 19.1.